The van der Waals surface area contributed by atoms with Crippen molar-refractivity contribution in [3.63, 3.8) is 0 Å². The maximum Gasteiger partial charge on any atom is 0.253 e. The Morgan fingerprint density at radius 1 is 1.30 bits per heavy atom. The van der Waals surface area contributed by atoms with Gasteiger partial charge in [-0.1, -0.05) is 12.1 Å². The van der Waals surface area contributed by atoms with Crippen LogP contribution in [0.4, 0.5) is 10.1 Å². The van der Waals surface area contributed by atoms with Crippen LogP contribution < -0.4 is 5.73 Å². The fourth-order valence-corrected chi connectivity index (χ4v) is 2.12. The van der Waals surface area contributed by atoms with Crippen molar-refractivity contribution in [2.75, 3.05) is 12.8 Å². The number of anilines is 1. The second-order valence-corrected chi connectivity index (χ2v) is 5.38. The number of amides is 1. The lowest BCUT2D eigenvalue weighted by molar-refractivity contribution is 0.0785. The smallest absolute Gasteiger partial charge is 0.253 e. The number of rotatable bonds is 3. The first kappa shape index (κ1) is 14.5. The average molecular weight is 337 g/mol. The molecular formula is C15H14BrFN2O. The van der Waals surface area contributed by atoms with E-state index in [-0.39, 0.29) is 11.7 Å². The van der Waals surface area contributed by atoms with E-state index in [0.717, 1.165) is 10.0 Å². The molecule has 0 fully saturated rings. The number of hydrogen-bond donors (Lipinski definition) is 1. The molecule has 0 aliphatic rings. The fraction of sp³-hybridized carbons (Fsp3) is 0.133. The molecule has 0 spiro atoms. The lowest BCUT2D eigenvalue weighted by atomic mass is 10.1. The normalized spacial score (nSPS) is 10.3. The molecule has 0 bridgehead atoms. The Balaban J connectivity index is 2.14. The van der Waals surface area contributed by atoms with Gasteiger partial charge in [0.05, 0.1) is 0 Å². The van der Waals surface area contributed by atoms with E-state index in [0.29, 0.717) is 17.8 Å². The van der Waals surface area contributed by atoms with Crippen LogP contribution in [0.1, 0.15) is 15.9 Å². The minimum absolute atomic E-state index is 0.159. The van der Waals surface area contributed by atoms with Crippen molar-refractivity contribution in [3.05, 3.63) is 63.9 Å². The van der Waals surface area contributed by atoms with Crippen LogP contribution in [0.5, 0.6) is 0 Å². The van der Waals surface area contributed by atoms with Gasteiger partial charge in [0, 0.05) is 29.3 Å². The first-order valence-electron chi connectivity index (χ1n) is 6.02. The SMILES string of the molecule is CN(Cc1cccc(F)c1)C(=O)c1ccc(Br)c(N)c1. The minimum atomic E-state index is -0.309. The Hall–Kier alpha value is -1.88. The predicted molar refractivity (Wildman–Crippen MR) is 80.8 cm³/mol. The highest BCUT2D eigenvalue weighted by Crippen LogP contribution is 2.21. The van der Waals surface area contributed by atoms with Crippen molar-refractivity contribution in [1.82, 2.24) is 4.90 Å². The van der Waals surface area contributed by atoms with Gasteiger partial charge in [0.1, 0.15) is 5.82 Å². The molecule has 1 amide bonds. The van der Waals surface area contributed by atoms with E-state index in [1.807, 2.05) is 0 Å². The van der Waals surface area contributed by atoms with Gasteiger partial charge >= 0.3 is 0 Å². The molecule has 0 saturated heterocycles. The van der Waals surface area contributed by atoms with E-state index >= 15 is 0 Å². The first-order chi connectivity index (χ1) is 9.47. The molecule has 2 N–H and O–H groups in total. The Morgan fingerprint density at radius 2 is 2.05 bits per heavy atom. The summed E-state index contributed by atoms with van der Waals surface area (Å²) >= 11 is 3.29. The number of nitrogens with zero attached hydrogens (tertiary/aromatic N) is 1. The number of hydrogen-bond acceptors (Lipinski definition) is 2. The number of nitrogen functional groups attached to an aromatic ring is 1. The van der Waals surface area contributed by atoms with E-state index in [2.05, 4.69) is 15.9 Å². The van der Waals surface area contributed by atoms with Crippen LogP contribution in [-0.2, 0) is 6.54 Å². The largest absolute Gasteiger partial charge is 0.398 e. The second kappa shape index (κ2) is 6.05. The van der Waals surface area contributed by atoms with Crippen LogP contribution in [0.3, 0.4) is 0 Å². The Bertz CT molecular complexity index is 646. The number of nitrogens with two attached hydrogens (primary N) is 1. The highest BCUT2D eigenvalue weighted by atomic mass is 79.9. The molecule has 0 atom stereocenters. The molecule has 0 heterocycles. The van der Waals surface area contributed by atoms with E-state index in [1.54, 1.807) is 37.4 Å². The molecule has 0 saturated carbocycles. The topological polar surface area (TPSA) is 46.3 Å². The molecule has 20 heavy (non-hydrogen) atoms. The van der Waals surface area contributed by atoms with Gasteiger partial charge in [-0.05, 0) is 51.8 Å². The summed E-state index contributed by atoms with van der Waals surface area (Å²) in [6.07, 6.45) is 0. The van der Waals surface area contributed by atoms with Crippen LogP contribution >= 0.6 is 15.9 Å². The monoisotopic (exact) mass is 336 g/mol. The third kappa shape index (κ3) is 3.36. The molecule has 2 rings (SSSR count). The number of carbonyl (C=O) groups is 1. The molecule has 104 valence electrons. The van der Waals surface area contributed by atoms with Gasteiger partial charge in [0.2, 0.25) is 0 Å². The van der Waals surface area contributed by atoms with Crippen LogP contribution in [-0.4, -0.2) is 17.9 Å². The maximum atomic E-state index is 13.1. The highest BCUT2D eigenvalue weighted by Gasteiger charge is 2.13. The summed E-state index contributed by atoms with van der Waals surface area (Å²) in [5.41, 5.74) is 7.52. The van der Waals surface area contributed by atoms with Crippen LogP contribution in [0.2, 0.25) is 0 Å². The zero-order valence-corrected chi connectivity index (χ0v) is 12.5. The van der Waals surface area contributed by atoms with Crippen molar-refractivity contribution in [3.8, 4) is 0 Å². The molecule has 5 heteroatoms. The van der Waals surface area contributed by atoms with Crippen LogP contribution in [0, 0.1) is 5.82 Å². The van der Waals surface area contributed by atoms with Gasteiger partial charge in [-0.25, -0.2) is 4.39 Å². The Kier molecular flexibility index (Phi) is 4.39. The Morgan fingerprint density at radius 3 is 2.70 bits per heavy atom. The van der Waals surface area contributed by atoms with Crippen molar-refractivity contribution in [2.45, 2.75) is 6.54 Å². The third-order valence-electron chi connectivity index (χ3n) is 2.90. The van der Waals surface area contributed by atoms with Crippen molar-refractivity contribution >= 4 is 27.5 Å². The van der Waals surface area contributed by atoms with Crippen molar-refractivity contribution in [2.24, 2.45) is 0 Å². The van der Waals surface area contributed by atoms with E-state index < -0.39 is 0 Å². The molecule has 2 aromatic rings. The summed E-state index contributed by atoms with van der Waals surface area (Å²) in [6.45, 7) is 0.340. The molecule has 0 unspecified atom stereocenters. The van der Waals surface area contributed by atoms with Crippen molar-refractivity contribution in [1.29, 1.82) is 0 Å². The predicted octanol–water partition coefficient (Wildman–Crippen LogP) is 3.44. The van der Waals surface area contributed by atoms with E-state index in [4.69, 9.17) is 5.73 Å². The van der Waals surface area contributed by atoms with Gasteiger partial charge in [0.25, 0.3) is 5.91 Å². The standard InChI is InChI=1S/C15H14BrFN2O/c1-19(9-10-3-2-4-12(17)7-10)15(20)11-5-6-13(16)14(18)8-11/h2-8H,9,18H2,1H3. The zero-order chi connectivity index (χ0) is 14.7. The quantitative estimate of drug-likeness (QED) is 0.872. The highest BCUT2D eigenvalue weighted by molar-refractivity contribution is 9.10. The summed E-state index contributed by atoms with van der Waals surface area (Å²) in [6, 6.07) is 11.3. The molecule has 0 aliphatic heterocycles. The molecule has 2 aromatic carbocycles. The van der Waals surface area contributed by atoms with Gasteiger partial charge in [0.15, 0.2) is 0 Å². The van der Waals surface area contributed by atoms with Gasteiger partial charge < -0.3 is 10.6 Å². The maximum absolute atomic E-state index is 13.1. The van der Waals surface area contributed by atoms with Crippen LogP contribution in [0.25, 0.3) is 0 Å². The molecule has 0 aromatic heterocycles. The van der Waals surface area contributed by atoms with E-state index in [1.165, 1.54) is 17.0 Å². The van der Waals surface area contributed by atoms with Gasteiger partial charge in [-0.3, -0.25) is 4.79 Å². The fourth-order valence-electron chi connectivity index (χ4n) is 1.88. The minimum Gasteiger partial charge on any atom is -0.398 e. The van der Waals surface area contributed by atoms with Crippen molar-refractivity contribution < 1.29 is 9.18 Å². The average Bonchev–Trinajstić information content (AvgIpc) is 2.41. The zero-order valence-electron chi connectivity index (χ0n) is 10.9. The second-order valence-electron chi connectivity index (χ2n) is 4.53. The third-order valence-corrected chi connectivity index (χ3v) is 3.62. The molecular weight excluding hydrogens is 323 g/mol. The van der Waals surface area contributed by atoms with Gasteiger partial charge in [-0.15, -0.1) is 0 Å². The number of halogens is 2. The summed E-state index contributed by atoms with van der Waals surface area (Å²) < 4.78 is 13.9. The lowest BCUT2D eigenvalue weighted by Gasteiger charge is -2.17. The van der Waals surface area contributed by atoms with Crippen LogP contribution in [0.15, 0.2) is 46.9 Å². The molecule has 0 aliphatic carbocycles. The summed E-state index contributed by atoms with van der Waals surface area (Å²) in [5, 5.41) is 0. The summed E-state index contributed by atoms with van der Waals surface area (Å²) in [5.74, 6) is -0.468. The van der Waals surface area contributed by atoms with Gasteiger partial charge in [-0.2, -0.15) is 0 Å². The summed E-state index contributed by atoms with van der Waals surface area (Å²) in [7, 11) is 1.67. The number of carbonyl (C=O) groups excluding carboxylic acids is 1. The summed E-state index contributed by atoms with van der Waals surface area (Å²) in [4.78, 5) is 13.8. The van der Waals surface area contributed by atoms with E-state index in [9.17, 15) is 9.18 Å². The lowest BCUT2D eigenvalue weighted by Crippen LogP contribution is -2.26. The Labute approximate surface area is 125 Å². The molecule has 0 radical (unpaired) electrons. The number of benzene rings is 2. The first-order valence-corrected chi connectivity index (χ1v) is 6.81. The molecule has 3 nitrogen and oxygen atoms in total.